The van der Waals surface area contributed by atoms with Crippen LogP contribution in [-0.4, -0.2) is 17.7 Å². The monoisotopic (exact) mass is 316 g/mol. The molecule has 0 atom stereocenters. The van der Waals surface area contributed by atoms with Crippen LogP contribution >= 0.6 is 27.7 Å². The van der Waals surface area contributed by atoms with E-state index in [1.54, 1.807) is 0 Å². The van der Waals surface area contributed by atoms with Gasteiger partial charge in [-0.3, -0.25) is 4.79 Å². The van der Waals surface area contributed by atoms with Crippen LogP contribution < -0.4 is 11.1 Å². The number of benzene rings is 1. The molecule has 0 unspecified atom stereocenters. The van der Waals surface area contributed by atoms with Crippen LogP contribution in [-0.2, 0) is 11.3 Å². The van der Waals surface area contributed by atoms with Crippen LogP contribution in [0.2, 0.25) is 0 Å². The number of hydrogen-bond donors (Lipinski definition) is 2. The van der Waals surface area contributed by atoms with Crippen LogP contribution in [0.15, 0.2) is 27.6 Å². The number of halogens is 1. The van der Waals surface area contributed by atoms with Crippen LogP contribution in [0.25, 0.3) is 0 Å². The van der Waals surface area contributed by atoms with Gasteiger partial charge in [-0.1, -0.05) is 22.0 Å². The van der Waals surface area contributed by atoms with Gasteiger partial charge in [-0.25, -0.2) is 0 Å². The predicted octanol–water partition coefficient (Wildman–Crippen LogP) is 2.52. The number of amides is 1. The Kier molecular flexibility index (Phi) is 6.02. The summed E-state index contributed by atoms with van der Waals surface area (Å²) < 4.78 is 1.00. The van der Waals surface area contributed by atoms with Gasteiger partial charge in [0, 0.05) is 22.0 Å². The molecule has 3 nitrogen and oxygen atoms in total. The molecule has 94 valence electrons. The van der Waals surface area contributed by atoms with Crippen molar-refractivity contribution in [2.24, 2.45) is 5.73 Å². The number of carbonyl (C=O) groups is 1. The first kappa shape index (κ1) is 14.5. The van der Waals surface area contributed by atoms with E-state index in [0.29, 0.717) is 12.3 Å². The Morgan fingerprint density at radius 1 is 1.53 bits per heavy atom. The number of rotatable bonds is 5. The van der Waals surface area contributed by atoms with Crippen molar-refractivity contribution in [3.05, 3.63) is 28.2 Å². The molecule has 0 spiro atoms. The Morgan fingerprint density at radius 2 is 2.24 bits per heavy atom. The minimum absolute atomic E-state index is 0.0490. The molecule has 0 aliphatic carbocycles. The van der Waals surface area contributed by atoms with Gasteiger partial charge < -0.3 is 11.1 Å². The van der Waals surface area contributed by atoms with Gasteiger partial charge >= 0.3 is 0 Å². The Morgan fingerprint density at radius 3 is 2.82 bits per heavy atom. The quantitative estimate of drug-likeness (QED) is 0.821. The minimum atomic E-state index is 0.0490. The molecule has 0 bridgehead atoms. The summed E-state index contributed by atoms with van der Waals surface area (Å²) >= 11 is 4.93. The van der Waals surface area contributed by atoms with Crippen LogP contribution in [0.1, 0.15) is 19.4 Å². The molecule has 0 aromatic heterocycles. The van der Waals surface area contributed by atoms with Crippen LogP contribution in [0, 0.1) is 0 Å². The second kappa shape index (κ2) is 7.03. The van der Waals surface area contributed by atoms with E-state index in [1.165, 1.54) is 11.8 Å². The first-order valence-electron chi connectivity index (χ1n) is 5.43. The Hall–Kier alpha value is -0.520. The normalized spacial score (nSPS) is 10.6. The lowest BCUT2D eigenvalue weighted by Gasteiger charge is -2.10. The van der Waals surface area contributed by atoms with Crippen molar-refractivity contribution in [1.82, 2.24) is 5.32 Å². The van der Waals surface area contributed by atoms with E-state index in [4.69, 9.17) is 5.73 Å². The number of nitrogens with one attached hydrogen (secondary N) is 1. The van der Waals surface area contributed by atoms with Gasteiger partial charge in [0.25, 0.3) is 0 Å². The summed E-state index contributed by atoms with van der Waals surface area (Å²) in [5, 5.41) is 2.86. The Labute approximate surface area is 115 Å². The zero-order valence-electron chi connectivity index (χ0n) is 10.00. The van der Waals surface area contributed by atoms with Gasteiger partial charge in [0.15, 0.2) is 0 Å². The third kappa shape index (κ3) is 5.10. The van der Waals surface area contributed by atoms with Crippen molar-refractivity contribution in [2.75, 3.05) is 5.75 Å². The third-order valence-electron chi connectivity index (χ3n) is 2.06. The average molecular weight is 317 g/mol. The lowest BCUT2D eigenvalue weighted by Crippen LogP contribution is -2.31. The molecule has 0 radical (unpaired) electrons. The smallest absolute Gasteiger partial charge is 0.230 e. The van der Waals surface area contributed by atoms with E-state index in [0.717, 1.165) is 14.9 Å². The van der Waals surface area contributed by atoms with Crippen molar-refractivity contribution in [1.29, 1.82) is 0 Å². The lowest BCUT2D eigenvalue weighted by molar-refractivity contribution is -0.119. The fraction of sp³-hybridized carbons (Fsp3) is 0.417. The molecule has 0 fully saturated rings. The largest absolute Gasteiger partial charge is 0.353 e. The van der Waals surface area contributed by atoms with Crippen LogP contribution in [0.4, 0.5) is 0 Å². The molecule has 0 saturated carbocycles. The minimum Gasteiger partial charge on any atom is -0.353 e. The molecule has 5 heteroatoms. The molecular formula is C12H17BrN2OS. The fourth-order valence-electron chi connectivity index (χ4n) is 1.34. The van der Waals surface area contributed by atoms with Crippen molar-refractivity contribution in [3.8, 4) is 0 Å². The first-order chi connectivity index (χ1) is 8.02. The standard InChI is InChI=1S/C12H17BrN2OS/c1-8(2)15-12(16)7-17-11-5-10(13)4-3-9(11)6-14/h3-5,8H,6-7,14H2,1-2H3,(H,15,16). The summed E-state index contributed by atoms with van der Waals surface area (Å²) in [7, 11) is 0. The summed E-state index contributed by atoms with van der Waals surface area (Å²) in [4.78, 5) is 12.6. The van der Waals surface area contributed by atoms with E-state index in [2.05, 4.69) is 21.2 Å². The molecule has 1 aromatic rings. The first-order valence-corrected chi connectivity index (χ1v) is 7.21. The maximum Gasteiger partial charge on any atom is 0.230 e. The highest BCUT2D eigenvalue weighted by Gasteiger charge is 2.07. The highest BCUT2D eigenvalue weighted by atomic mass is 79.9. The van der Waals surface area contributed by atoms with Crippen molar-refractivity contribution >= 4 is 33.6 Å². The summed E-state index contributed by atoms with van der Waals surface area (Å²) in [6.07, 6.45) is 0. The van der Waals surface area contributed by atoms with Crippen molar-refractivity contribution in [2.45, 2.75) is 31.3 Å². The van der Waals surface area contributed by atoms with E-state index in [9.17, 15) is 4.79 Å². The topological polar surface area (TPSA) is 55.1 Å². The van der Waals surface area contributed by atoms with E-state index in [-0.39, 0.29) is 11.9 Å². The summed E-state index contributed by atoms with van der Waals surface area (Å²) in [6.45, 7) is 4.39. The van der Waals surface area contributed by atoms with E-state index >= 15 is 0 Å². The number of carbonyl (C=O) groups excluding carboxylic acids is 1. The molecule has 17 heavy (non-hydrogen) atoms. The van der Waals surface area contributed by atoms with Gasteiger partial charge in [-0.2, -0.15) is 0 Å². The molecule has 0 saturated heterocycles. The highest BCUT2D eigenvalue weighted by Crippen LogP contribution is 2.26. The summed E-state index contributed by atoms with van der Waals surface area (Å²) in [6, 6.07) is 6.11. The average Bonchev–Trinajstić information content (AvgIpc) is 2.25. The zero-order chi connectivity index (χ0) is 12.8. The maximum atomic E-state index is 11.5. The summed E-state index contributed by atoms with van der Waals surface area (Å²) in [5.41, 5.74) is 6.72. The third-order valence-corrected chi connectivity index (χ3v) is 3.65. The van der Waals surface area contributed by atoms with Crippen molar-refractivity contribution < 1.29 is 4.79 Å². The van der Waals surface area contributed by atoms with Crippen LogP contribution in [0.3, 0.4) is 0 Å². The molecule has 1 aromatic carbocycles. The van der Waals surface area contributed by atoms with Gasteiger partial charge in [-0.15, -0.1) is 11.8 Å². The van der Waals surface area contributed by atoms with Crippen LogP contribution in [0.5, 0.6) is 0 Å². The predicted molar refractivity (Wildman–Crippen MR) is 76.0 cm³/mol. The zero-order valence-corrected chi connectivity index (χ0v) is 12.4. The molecule has 1 rings (SSSR count). The van der Waals surface area contributed by atoms with Gasteiger partial charge in [0.1, 0.15) is 0 Å². The Bertz CT molecular complexity index is 396. The van der Waals surface area contributed by atoms with Gasteiger partial charge in [0.2, 0.25) is 5.91 Å². The number of nitrogens with two attached hydrogens (primary N) is 1. The van der Waals surface area contributed by atoms with E-state index in [1.807, 2.05) is 32.0 Å². The molecule has 0 heterocycles. The molecule has 0 aliphatic rings. The molecule has 0 aliphatic heterocycles. The highest BCUT2D eigenvalue weighted by molar-refractivity contribution is 9.10. The van der Waals surface area contributed by atoms with Gasteiger partial charge in [-0.05, 0) is 31.5 Å². The number of hydrogen-bond acceptors (Lipinski definition) is 3. The maximum absolute atomic E-state index is 11.5. The Balaban J connectivity index is 2.62. The SMILES string of the molecule is CC(C)NC(=O)CSc1cc(Br)ccc1CN. The van der Waals surface area contributed by atoms with Crippen molar-refractivity contribution in [3.63, 3.8) is 0 Å². The summed E-state index contributed by atoms with van der Waals surface area (Å²) in [5.74, 6) is 0.467. The molecule has 3 N–H and O–H groups in total. The second-order valence-corrected chi connectivity index (χ2v) is 5.90. The number of thioether (sulfide) groups is 1. The molecular weight excluding hydrogens is 300 g/mol. The molecule has 1 amide bonds. The van der Waals surface area contributed by atoms with Gasteiger partial charge in [0.05, 0.1) is 5.75 Å². The van der Waals surface area contributed by atoms with E-state index < -0.39 is 0 Å². The fourth-order valence-corrected chi connectivity index (χ4v) is 2.77. The lowest BCUT2D eigenvalue weighted by atomic mass is 10.2. The second-order valence-electron chi connectivity index (χ2n) is 3.97.